The lowest BCUT2D eigenvalue weighted by atomic mass is 10.1. The molecule has 3 N–H and O–H groups in total. The lowest BCUT2D eigenvalue weighted by Gasteiger charge is -2.12. The summed E-state index contributed by atoms with van der Waals surface area (Å²) in [4.78, 5) is 0.0837. The van der Waals surface area contributed by atoms with E-state index in [0.717, 1.165) is 6.07 Å². The zero-order valence-electron chi connectivity index (χ0n) is 11.2. The van der Waals surface area contributed by atoms with Crippen LogP contribution in [0.5, 0.6) is 0 Å². The molecule has 0 aliphatic rings. The molecule has 0 bridgehead atoms. The molecule has 4 nitrogen and oxygen atoms in total. The molecule has 0 aliphatic heterocycles. The third kappa shape index (κ3) is 3.46. The van der Waals surface area contributed by atoms with E-state index in [1.54, 1.807) is 12.1 Å². The van der Waals surface area contributed by atoms with Gasteiger partial charge in [-0.3, -0.25) is 4.72 Å². The second-order valence-electron chi connectivity index (χ2n) is 4.46. The van der Waals surface area contributed by atoms with Gasteiger partial charge in [-0.05, 0) is 42.3 Å². The van der Waals surface area contributed by atoms with Gasteiger partial charge in [0.2, 0.25) is 0 Å². The normalized spacial score (nSPS) is 11.4. The Balaban J connectivity index is 2.42. The van der Waals surface area contributed by atoms with Crippen molar-refractivity contribution in [3.05, 3.63) is 52.8 Å². The number of aryl methyl sites for hydroxylation is 1. The molecule has 0 fully saturated rings. The van der Waals surface area contributed by atoms with Crippen molar-refractivity contribution in [2.75, 3.05) is 10.5 Å². The van der Waals surface area contributed by atoms with E-state index in [9.17, 15) is 12.8 Å². The van der Waals surface area contributed by atoms with Gasteiger partial charge in [0, 0.05) is 5.69 Å². The van der Waals surface area contributed by atoms with Crippen molar-refractivity contribution in [2.24, 2.45) is 0 Å². The van der Waals surface area contributed by atoms with Crippen LogP contribution in [0.3, 0.4) is 0 Å². The van der Waals surface area contributed by atoms with E-state index in [-0.39, 0.29) is 15.6 Å². The number of halogens is 2. The Labute approximate surface area is 127 Å². The minimum absolute atomic E-state index is 0.0730. The van der Waals surface area contributed by atoms with Gasteiger partial charge in [0.25, 0.3) is 10.0 Å². The first-order valence-electron chi connectivity index (χ1n) is 6.19. The van der Waals surface area contributed by atoms with Crippen LogP contribution in [0.1, 0.15) is 12.5 Å². The predicted octanol–water partition coefficient (Wildman–Crippen LogP) is 3.42. The minimum atomic E-state index is -3.85. The summed E-state index contributed by atoms with van der Waals surface area (Å²) in [6.07, 6.45) is 0.533. The average molecular weight is 329 g/mol. The van der Waals surface area contributed by atoms with E-state index < -0.39 is 15.8 Å². The molecule has 0 aromatic heterocycles. The van der Waals surface area contributed by atoms with Gasteiger partial charge in [-0.1, -0.05) is 24.6 Å². The molecule has 0 amide bonds. The fourth-order valence-electron chi connectivity index (χ4n) is 1.88. The van der Waals surface area contributed by atoms with Crippen LogP contribution in [0.2, 0.25) is 5.02 Å². The maximum atomic E-state index is 13.4. The Bertz CT molecular complexity index is 779. The van der Waals surface area contributed by atoms with Gasteiger partial charge in [0.05, 0.1) is 15.6 Å². The van der Waals surface area contributed by atoms with E-state index in [4.69, 9.17) is 17.3 Å². The van der Waals surface area contributed by atoms with E-state index in [2.05, 4.69) is 4.72 Å². The van der Waals surface area contributed by atoms with Gasteiger partial charge in [-0.25, -0.2) is 12.8 Å². The predicted molar refractivity (Wildman–Crippen MR) is 82.5 cm³/mol. The number of hydrogen-bond acceptors (Lipinski definition) is 3. The zero-order valence-corrected chi connectivity index (χ0v) is 12.8. The van der Waals surface area contributed by atoms with Crippen LogP contribution in [0.15, 0.2) is 41.3 Å². The van der Waals surface area contributed by atoms with Gasteiger partial charge >= 0.3 is 0 Å². The minimum Gasteiger partial charge on any atom is -0.399 e. The van der Waals surface area contributed by atoms with Crippen LogP contribution in [0.25, 0.3) is 0 Å². The highest BCUT2D eigenvalue weighted by molar-refractivity contribution is 7.92. The number of nitrogens with two attached hydrogens (primary N) is 1. The van der Waals surface area contributed by atoms with E-state index in [0.29, 0.717) is 17.7 Å². The maximum Gasteiger partial charge on any atom is 0.262 e. The van der Waals surface area contributed by atoms with Crippen molar-refractivity contribution in [3.63, 3.8) is 0 Å². The van der Waals surface area contributed by atoms with Gasteiger partial charge in [0.15, 0.2) is 0 Å². The summed E-state index contributed by atoms with van der Waals surface area (Å²) >= 11 is 5.57. The lowest BCUT2D eigenvalue weighted by Crippen LogP contribution is -2.15. The van der Waals surface area contributed by atoms with Crippen LogP contribution in [0, 0.1) is 5.82 Å². The largest absolute Gasteiger partial charge is 0.399 e. The summed E-state index contributed by atoms with van der Waals surface area (Å²) in [7, 11) is -3.85. The molecule has 0 aliphatic carbocycles. The third-order valence-electron chi connectivity index (χ3n) is 2.93. The number of anilines is 2. The van der Waals surface area contributed by atoms with Crippen molar-refractivity contribution in [1.29, 1.82) is 0 Å². The van der Waals surface area contributed by atoms with Crippen LogP contribution in [-0.2, 0) is 16.4 Å². The van der Waals surface area contributed by atoms with Crippen molar-refractivity contribution < 1.29 is 12.8 Å². The molecule has 0 radical (unpaired) electrons. The van der Waals surface area contributed by atoms with Crippen molar-refractivity contribution >= 4 is 33.0 Å². The maximum absolute atomic E-state index is 13.4. The molecule has 2 aromatic carbocycles. The summed E-state index contributed by atoms with van der Waals surface area (Å²) < 4.78 is 40.5. The quantitative estimate of drug-likeness (QED) is 0.845. The fourth-order valence-corrected chi connectivity index (χ4v) is 3.40. The first kappa shape index (κ1) is 15.6. The highest BCUT2D eigenvalue weighted by Crippen LogP contribution is 2.24. The van der Waals surface area contributed by atoms with Gasteiger partial charge in [-0.2, -0.15) is 0 Å². The van der Waals surface area contributed by atoms with Crippen LogP contribution >= 0.6 is 11.6 Å². The van der Waals surface area contributed by atoms with Gasteiger partial charge in [0.1, 0.15) is 5.82 Å². The molecular weight excluding hydrogens is 315 g/mol. The number of sulfonamides is 1. The number of hydrogen-bond donors (Lipinski definition) is 2. The lowest BCUT2D eigenvalue weighted by molar-refractivity contribution is 0.600. The SMILES string of the molecule is CCc1ccc(N)cc1S(=O)(=O)Nc1ccc(Cl)c(F)c1. The number of nitrogen functional groups attached to an aromatic ring is 1. The summed E-state index contributed by atoms with van der Waals surface area (Å²) in [5.74, 6) is -0.694. The second kappa shape index (κ2) is 5.91. The third-order valence-corrected chi connectivity index (χ3v) is 4.70. The van der Waals surface area contributed by atoms with Crippen molar-refractivity contribution in [2.45, 2.75) is 18.2 Å². The molecule has 7 heteroatoms. The monoisotopic (exact) mass is 328 g/mol. The molecular formula is C14H14ClFN2O2S. The number of rotatable bonds is 4. The Kier molecular flexibility index (Phi) is 4.39. The topological polar surface area (TPSA) is 72.2 Å². The molecule has 112 valence electrons. The summed E-state index contributed by atoms with van der Waals surface area (Å²) in [6.45, 7) is 1.84. The van der Waals surface area contributed by atoms with Crippen LogP contribution < -0.4 is 10.5 Å². The van der Waals surface area contributed by atoms with E-state index in [1.807, 2.05) is 6.92 Å². The van der Waals surface area contributed by atoms with Crippen LogP contribution in [-0.4, -0.2) is 8.42 Å². The number of benzene rings is 2. The Hall–Kier alpha value is -1.79. The Morgan fingerprint density at radius 3 is 2.57 bits per heavy atom. The standard InChI is InChI=1S/C14H14ClFN2O2S/c1-2-9-3-4-10(17)7-14(9)21(19,20)18-11-5-6-12(15)13(16)8-11/h3-8,18H,2,17H2,1H3. The van der Waals surface area contributed by atoms with Gasteiger partial charge < -0.3 is 5.73 Å². The Morgan fingerprint density at radius 2 is 1.95 bits per heavy atom. The molecule has 0 atom stereocenters. The molecule has 0 saturated carbocycles. The van der Waals surface area contributed by atoms with E-state index in [1.165, 1.54) is 18.2 Å². The first-order valence-corrected chi connectivity index (χ1v) is 8.06. The average Bonchev–Trinajstić information content (AvgIpc) is 2.42. The second-order valence-corrected chi connectivity index (χ2v) is 6.51. The first-order chi connectivity index (χ1) is 9.83. The molecule has 0 unspecified atom stereocenters. The zero-order chi connectivity index (χ0) is 15.6. The smallest absolute Gasteiger partial charge is 0.262 e. The van der Waals surface area contributed by atoms with E-state index >= 15 is 0 Å². The summed E-state index contributed by atoms with van der Waals surface area (Å²) in [5.41, 5.74) is 6.72. The van der Waals surface area contributed by atoms with Crippen LogP contribution in [0.4, 0.5) is 15.8 Å². The molecule has 2 aromatic rings. The highest BCUT2D eigenvalue weighted by Gasteiger charge is 2.19. The molecule has 0 saturated heterocycles. The summed E-state index contributed by atoms with van der Waals surface area (Å²) in [6, 6.07) is 8.38. The highest BCUT2D eigenvalue weighted by atomic mass is 35.5. The fraction of sp³-hybridized carbons (Fsp3) is 0.143. The number of nitrogens with one attached hydrogen (secondary N) is 1. The summed E-state index contributed by atoms with van der Waals surface area (Å²) in [5, 5.41) is -0.0730. The van der Waals surface area contributed by atoms with Crippen molar-refractivity contribution in [3.8, 4) is 0 Å². The molecule has 0 spiro atoms. The molecule has 0 heterocycles. The van der Waals surface area contributed by atoms with Crippen molar-refractivity contribution in [1.82, 2.24) is 0 Å². The Morgan fingerprint density at radius 1 is 1.24 bits per heavy atom. The molecule has 21 heavy (non-hydrogen) atoms. The van der Waals surface area contributed by atoms with Gasteiger partial charge in [-0.15, -0.1) is 0 Å². The molecule has 2 rings (SSSR count).